The summed E-state index contributed by atoms with van der Waals surface area (Å²) in [6.07, 6.45) is 4.95. The molecule has 2 rings (SSSR count). The van der Waals surface area contributed by atoms with Gasteiger partial charge in [0.2, 0.25) is 0 Å². The molecule has 1 N–H and O–H groups in total. The molecule has 19 heavy (non-hydrogen) atoms. The molecule has 106 valence electrons. The zero-order valence-electron chi connectivity index (χ0n) is 11.1. The number of rotatable bonds is 6. The van der Waals surface area contributed by atoms with Crippen molar-refractivity contribution in [1.29, 1.82) is 0 Å². The summed E-state index contributed by atoms with van der Waals surface area (Å²) in [7, 11) is 0. The monoisotopic (exact) mass is 270 g/mol. The van der Waals surface area contributed by atoms with Gasteiger partial charge in [-0.25, -0.2) is 0 Å². The van der Waals surface area contributed by atoms with Crippen molar-refractivity contribution in [1.82, 2.24) is 10.3 Å². The molecule has 1 aromatic heterocycles. The van der Waals surface area contributed by atoms with E-state index in [1.54, 1.807) is 0 Å². The number of alkyl halides is 2. The van der Waals surface area contributed by atoms with Crippen LogP contribution in [0.15, 0.2) is 18.3 Å². The summed E-state index contributed by atoms with van der Waals surface area (Å²) in [5.41, 5.74) is 2.13. The molecule has 0 aliphatic heterocycles. The minimum atomic E-state index is -2.69. The average molecular weight is 270 g/mol. The molecule has 3 nitrogen and oxygen atoms in total. The Balaban J connectivity index is 1.83. The van der Waals surface area contributed by atoms with E-state index >= 15 is 0 Å². The van der Waals surface area contributed by atoms with Gasteiger partial charge in [0.1, 0.15) is 0 Å². The highest BCUT2D eigenvalue weighted by Gasteiger charge is 2.29. The Hall–Kier alpha value is -1.07. The van der Waals surface area contributed by atoms with Crippen molar-refractivity contribution in [3.63, 3.8) is 0 Å². The molecule has 0 aromatic carbocycles. The molecule has 1 aliphatic carbocycles. The summed E-state index contributed by atoms with van der Waals surface area (Å²) >= 11 is 0. The first-order chi connectivity index (χ1) is 9.19. The molecule has 1 aliphatic rings. The molecule has 1 saturated carbocycles. The van der Waals surface area contributed by atoms with Gasteiger partial charge in [0.25, 0.3) is 0 Å². The molecule has 1 heterocycles. The van der Waals surface area contributed by atoms with Crippen molar-refractivity contribution in [2.75, 3.05) is 0 Å². The number of halogens is 2. The second-order valence-corrected chi connectivity index (χ2v) is 4.86. The second-order valence-electron chi connectivity index (χ2n) is 4.86. The lowest BCUT2D eigenvalue weighted by Crippen LogP contribution is -2.37. The van der Waals surface area contributed by atoms with Gasteiger partial charge in [0.15, 0.2) is 0 Å². The van der Waals surface area contributed by atoms with Crippen LogP contribution in [0.2, 0.25) is 0 Å². The summed E-state index contributed by atoms with van der Waals surface area (Å²) in [5, 5.41) is 3.27. The van der Waals surface area contributed by atoms with Crippen LogP contribution in [-0.2, 0) is 17.7 Å². The molecular weight excluding hydrogens is 250 g/mol. The van der Waals surface area contributed by atoms with Crippen LogP contribution in [0.3, 0.4) is 0 Å². The van der Waals surface area contributed by atoms with Crippen LogP contribution in [0, 0.1) is 0 Å². The third-order valence-electron chi connectivity index (χ3n) is 3.57. The molecule has 0 spiro atoms. The maximum atomic E-state index is 12.2. The van der Waals surface area contributed by atoms with Crippen molar-refractivity contribution in [2.45, 2.75) is 57.9 Å². The van der Waals surface area contributed by atoms with Gasteiger partial charge in [0.05, 0.1) is 11.8 Å². The zero-order chi connectivity index (χ0) is 13.7. The van der Waals surface area contributed by atoms with Crippen LogP contribution in [0.25, 0.3) is 0 Å². The van der Waals surface area contributed by atoms with Crippen molar-refractivity contribution >= 4 is 0 Å². The van der Waals surface area contributed by atoms with Gasteiger partial charge < -0.3 is 10.1 Å². The van der Waals surface area contributed by atoms with Gasteiger partial charge in [-0.15, -0.1) is 0 Å². The minimum Gasteiger partial charge on any atom is -0.318 e. The van der Waals surface area contributed by atoms with E-state index in [0.717, 1.165) is 25.0 Å². The Morgan fingerprint density at radius 2 is 2.26 bits per heavy atom. The lowest BCUT2D eigenvalue weighted by atomic mass is 10.2. The maximum absolute atomic E-state index is 12.2. The van der Waals surface area contributed by atoms with E-state index in [1.807, 2.05) is 18.3 Å². The first kappa shape index (κ1) is 14.3. The number of ether oxygens (including phenoxy) is 1. The van der Waals surface area contributed by atoms with Crippen molar-refractivity contribution in [2.24, 2.45) is 0 Å². The predicted octanol–water partition coefficient (Wildman–Crippen LogP) is 2.89. The molecule has 5 heteroatoms. The van der Waals surface area contributed by atoms with E-state index < -0.39 is 6.61 Å². The first-order valence-corrected chi connectivity index (χ1v) is 6.80. The van der Waals surface area contributed by atoms with Crippen molar-refractivity contribution in [3.8, 4) is 0 Å². The largest absolute Gasteiger partial charge is 0.345 e. The van der Waals surface area contributed by atoms with Crippen LogP contribution < -0.4 is 5.32 Å². The lowest BCUT2D eigenvalue weighted by molar-refractivity contribution is -0.165. The Morgan fingerprint density at radius 1 is 1.42 bits per heavy atom. The van der Waals surface area contributed by atoms with E-state index in [4.69, 9.17) is 0 Å². The lowest BCUT2D eigenvalue weighted by Gasteiger charge is -2.20. The fourth-order valence-corrected chi connectivity index (χ4v) is 2.46. The van der Waals surface area contributed by atoms with Gasteiger partial charge in [0, 0.05) is 18.8 Å². The molecule has 0 amide bonds. The first-order valence-electron chi connectivity index (χ1n) is 6.80. The number of pyridine rings is 1. The fourth-order valence-electron chi connectivity index (χ4n) is 2.46. The van der Waals surface area contributed by atoms with Gasteiger partial charge in [-0.05, 0) is 37.3 Å². The summed E-state index contributed by atoms with van der Waals surface area (Å²) in [6, 6.07) is 4.02. The van der Waals surface area contributed by atoms with Crippen LogP contribution in [0.1, 0.15) is 37.4 Å². The normalized spacial score (nSPS) is 23.2. The van der Waals surface area contributed by atoms with Crippen LogP contribution in [0.5, 0.6) is 0 Å². The van der Waals surface area contributed by atoms with E-state index in [-0.39, 0.29) is 12.1 Å². The van der Waals surface area contributed by atoms with Crippen LogP contribution >= 0.6 is 0 Å². The highest BCUT2D eigenvalue weighted by atomic mass is 19.3. The smallest absolute Gasteiger partial charge is 0.318 e. The molecule has 0 saturated heterocycles. The highest BCUT2D eigenvalue weighted by molar-refractivity contribution is 5.13. The van der Waals surface area contributed by atoms with E-state index in [0.29, 0.717) is 13.0 Å². The quantitative estimate of drug-likeness (QED) is 0.863. The van der Waals surface area contributed by atoms with E-state index in [1.165, 1.54) is 5.56 Å². The SMILES string of the molecule is CCc1ccc(CN[C@@H]2CCC[C@H]2OC(F)F)nc1. The van der Waals surface area contributed by atoms with Crippen molar-refractivity contribution in [3.05, 3.63) is 29.6 Å². The maximum Gasteiger partial charge on any atom is 0.345 e. The molecule has 2 atom stereocenters. The zero-order valence-corrected chi connectivity index (χ0v) is 11.1. The summed E-state index contributed by atoms with van der Waals surface area (Å²) in [4.78, 5) is 4.34. The molecule has 1 aromatic rings. The topological polar surface area (TPSA) is 34.1 Å². The Morgan fingerprint density at radius 3 is 2.89 bits per heavy atom. The Bertz CT molecular complexity index is 384. The average Bonchev–Trinajstić information content (AvgIpc) is 2.83. The number of aromatic nitrogens is 1. The summed E-state index contributed by atoms with van der Waals surface area (Å²) < 4.78 is 29.1. The fraction of sp³-hybridized carbons (Fsp3) is 0.643. The standard InChI is InChI=1S/C14H20F2N2O/c1-2-10-6-7-11(17-8-10)9-18-12-4-3-5-13(12)19-14(15)16/h6-8,12-14,18H,2-5,9H2,1H3/t12-,13-/m1/s1. The molecule has 1 fully saturated rings. The van der Waals surface area contributed by atoms with E-state index in [2.05, 4.69) is 22.0 Å². The van der Waals surface area contributed by atoms with Crippen LogP contribution in [-0.4, -0.2) is 23.7 Å². The van der Waals surface area contributed by atoms with Gasteiger partial charge in [-0.3, -0.25) is 4.98 Å². The van der Waals surface area contributed by atoms with Crippen molar-refractivity contribution < 1.29 is 13.5 Å². The number of nitrogens with one attached hydrogen (secondary N) is 1. The number of aryl methyl sites for hydroxylation is 1. The third-order valence-corrected chi connectivity index (χ3v) is 3.57. The molecule has 0 unspecified atom stereocenters. The van der Waals surface area contributed by atoms with E-state index in [9.17, 15) is 8.78 Å². The molecule has 0 radical (unpaired) electrons. The van der Waals surface area contributed by atoms with Gasteiger partial charge >= 0.3 is 6.61 Å². The minimum absolute atomic E-state index is 0.00153. The summed E-state index contributed by atoms with van der Waals surface area (Å²) in [6.45, 7) is -0.00770. The Labute approximate surface area is 112 Å². The molecule has 0 bridgehead atoms. The summed E-state index contributed by atoms with van der Waals surface area (Å²) in [5.74, 6) is 0. The third kappa shape index (κ3) is 4.21. The second kappa shape index (κ2) is 6.91. The molecular formula is C14H20F2N2O. The number of hydrogen-bond acceptors (Lipinski definition) is 3. The predicted molar refractivity (Wildman–Crippen MR) is 69.0 cm³/mol. The van der Waals surface area contributed by atoms with Gasteiger partial charge in [-0.2, -0.15) is 8.78 Å². The highest BCUT2D eigenvalue weighted by Crippen LogP contribution is 2.24. The number of hydrogen-bond donors (Lipinski definition) is 1. The van der Waals surface area contributed by atoms with Crippen LogP contribution in [0.4, 0.5) is 8.78 Å². The number of nitrogens with zero attached hydrogens (tertiary/aromatic N) is 1. The Kier molecular flexibility index (Phi) is 5.22. The van der Waals surface area contributed by atoms with Gasteiger partial charge in [-0.1, -0.05) is 13.0 Å².